The third-order valence-corrected chi connectivity index (χ3v) is 2.04. The fourth-order valence-corrected chi connectivity index (χ4v) is 1.30. The molecule has 0 unspecified atom stereocenters. The number of nitrogens with two attached hydrogens (primary N) is 1. The molecular weight excluding hydrogens is 192 g/mol. The van der Waals surface area contributed by atoms with E-state index in [4.69, 9.17) is 5.73 Å². The van der Waals surface area contributed by atoms with Crippen LogP contribution < -0.4 is 5.73 Å². The summed E-state index contributed by atoms with van der Waals surface area (Å²) in [6.07, 6.45) is 4.30. The molecule has 0 aliphatic heterocycles. The lowest BCUT2D eigenvalue weighted by Gasteiger charge is -2.02. The predicted octanol–water partition coefficient (Wildman–Crippen LogP) is 0.0839. The first-order chi connectivity index (χ1) is 7.42. The van der Waals surface area contributed by atoms with Crippen LogP contribution in [0.2, 0.25) is 0 Å². The Labute approximate surface area is 87.1 Å². The number of aromatic nitrogens is 5. The number of tetrazole rings is 1. The van der Waals surface area contributed by atoms with Crippen LogP contribution in [0, 0.1) is 0 Å². The van der Waals surface area contributed by atoms with Crippen molar-refractivity contribution in [2.75, 3.05) is 6.54 Å². The maximum atomic E-state index is 5.44. The highest BCUT2D eigenvalue weighted by Gasteiger charge is 2.07. The zero-order valence-corrected chi connectivity index (χ0v) is 8.24. The highest BCUT2D eigenvalue weighted by atomic mass is 15.5. The van der Waals surface area contributed by atoms with E-state index in [2.05, 4.69) is 20.5 Å². The maximum absolute atomic E-state index is 5.44. The molecule has 2 N–H and O–H groups in total. The monoisotopic (exact) mass is 204 g/mol. The molecular formula is C9H12N6. The van der Waals surface area contributed by atoms with Gasteiger partial charge >= 0.3 is 0 Å². The third kappa shape index (κ3) is 2.16. The Kier molecular flexibility index (Phi) is 2.99. The second kappa shape index (κ2) is 4.61. The van der Waals surface area contributed by atoms with Gasteiger partial charge in [0, 0.05) is 24.5 Å². The molecule has 2 rings (SSSR count). The Morgan fingerprint density at radius 3 is 2.80 bits per heavy atom. The molecule has 0 spiro atoms. The first-order valence-corrected chi connectivity index (χ1v) is 4.78. The summed E-state index contributed by atoms with van der Waals surface area (Å²) in [7, 11) is 0. The van der Waals surface area contributed by atoms with Gasteiger partial charge in [0.25, 0.3) is 0 Å². The smallest absolute Gasteiger partial charge is 0.182 e. The second-order valence-corrected chi connectivity index (χ2v) is 3.10. The van der Waals surface area contributed by atoms with Crippen LogP contribution in [-0.2, 0) is 6.54 Å². The molecule has 0 radical (unpaired) electrons. The van der Waals surface area contributed by atoms with Crippen molar-refractivity contribution in [2.45, 2.75) is 13.0 Å². The minimum Gasteiger partial charge on any atom is -0.330 e. The number of aryl methyl sites for hydroxylation is 1. The minimum atomic E-state index is 0.635. The molecule has 0 fully saturated rings. The van der Waals surface area contributed by atoms with E-state index in [9.17, 15) is 0 Å². The van der Waals surface area contributed by atoms with Gasteiger partial charge in [0.15, 0.2) is 5.82 Å². The molecule has 6 nitrogen and oxygen atoms in total. The van der Waals surface area contributed by atoms with E-state index in [1.54, 1.807) is 17.1 Å². The van der Waals surface area contributed by atoms with Gasteiger partial charge in [-0.3, -0.25) is 4.98 Å². The topological polar surface area (TPSA) is 82.5 Å². The standard InChI is InChI=1S/C9H12N6/c10-4-1-7-15-9(12-13-14-15)8-2-5-11-6-3-8/h2-3,5-6H,1,4,7,10H2. The Morgan fingerprint density at radius 1 is 1.27 bits per heavy atom. The number of nitrogens with zero attached hydrogens (tertiary/aromatic N) is 5. The van der Waals surface area contributed by atoms with Gasteiger partial charge in [-0.2, -0.15) is 0 Å². The fraction of sp³-hybridized carbons (Fsp3) is 0.333. The SMILES string of the molecule is NCCCn1nnnc1-c1ccncc1. The van der Waals surface area contributed by atoms with E-state index in [1.165, 1.54) is 0 Å². The first kappa shape index (κ1) is 9.72. The molecule has 0 amide bonds. The first-order valence-electron chi connectivity index (χ1n) is 4.78. The van der Waals surface area contributed by atoms with Crippen molar-refractivity contribution < 1.29 is 0 Å². The van der Waals surface area contributed by atoms with E-state index in [0.717, 1.165) is 24.4 Å². The van der Waals surface area contributed by atoms with Gasteiger partial charge in [-0.1, -0.05) is 0 Å². The van der Waals surface area contributed by atoms with Gasteiger partial charge < -0.3 is 5.73 Å². The van der Waals surface area contributed by atoms with Crippen molar-refractivity contribution in [3.05, 3.63) is 24.5 Å². The van der Waals surface area contributed by atoms with E-state index in [0.29, 0.717) is 6.54 Å². The highest BCUT2D eigenvalue weighted by Crippen LogP contribution is 2.13. The largest absolute Gasteiger partial charge is 0.330 e. The summed E-state index contributed by atoms with van der Waals surface area (Å²) in [4.78, 5) is 3.95. The lowest BCUT2D eigenvalue weighted by atomic mass is 10.2. The molecule has 0 atom stereocenters. The van der Waals surface area contributed by atoms with Crippen molar-refractivity contribution in [3.8, 4) is 11.4 Å². The van der Waals surface area contributed by atoms with Crippen molar-refractivity contribution >= 4 is 0 Å². The van der Waals surface area contributed by atoms with Crippen LogP contribution in [0.1, 0.15) is 6.42 Å². The van der Waals surface area contributed by atoms with E-state index in [-0.39, 0.29) is 0 Å². The molecule has 0 aliphatic rings. The van der Waals surface area contributed by atoms with Crippen molar-refractivity contribution in [1.29, 1.82) is 0 Å². The fourth-order valence-electron chi connectivity index (χ4n) is 1.30. The minimum absolute atomic E-state index is 0.635. The van der Waals surface area contributed by atoms with Gasteiger partial charge in [-0.05, 0) is 35.5 Å². The lowest BCUT2D eigenvalue weighted by Crippen LogP contribution is -2.08. The average Bonchev–Trinajstić information content (AvgIpc) is 2.75. The summed E-state index contributed by atoms with van der Waals surface area (Å²) in [6, 6.07) is 3.76. The molecule has 0 aliphatic carbocycles. The van der Waals surface area contributed by atoms with Crippen LogP contribution in [0.4, 0.5) is 0 Å². The van der Waals surface area contributed by atoms with Crippen LogP contribution in [0.3, 0.4) is 0 Å². The summed E-state index contributed by atoms with van der Waals surface area (Å²) in [6.45, 7) is 1.37. The van der Waals surface area contributed by atoms with Crippen LogP contribution in [0.25, 0.3) is 11.4 Å². The Bertz CT molecular complexity index is 410. The summed E-state index contributed by atoms with van der Waals surface area (Å²) < 4.78 is 1.75. The number of rotatable bonds is 4. The molecule has 78 valence electrons. The molecule has 2 aromatic heterocycles. The average molecular weight is 204 g/mol. The molecule has 2 aromatic rings. The summed E-state index contributed by atoms with van der Waals surface area (Å²) in [5, 5.41) is 11.5. The van der Waals surface area contributed by atoms with Crippen LogP contribution in [0.15, 0.2) is 24.5 Å². The maximum Gasteiger partial charge on any atom is 0.182 e. The van der Waals surface area contributed by atoms with Gasteiger partial charge in [0.2, 0.25) is 0 Å². The lowest BCUT2D eigenvalue weighted by molar-refractivity contribution is 0.568. The molecule has 0 saturated carbocycles. The van der Waals surface area contributed by atoms with Gasteiger partial charge in [-0.25, -0.2) is 4.68 Å². The molecule has 6 heteroatoms. The molecule has 0 saturated heterocycles. The molecule has 15 heavy (non-hydrogen) atoms. The Morgan fingerprint density at radius 2 is 2.07 bits per heavy atom. The number of pyridine rings is 1. The molecule has 0 aromatic carbocycles. The summed E-state index contributed by atoms with van der Waals surface area (Å²) >= 11 is 0. The molecule has 0 bridgehead atoms. The van der Waals surface area contributed by atoms with E-state index >= 15 is 0 Å². The van der Waals surface area contributed by atoms with Crippen molar-refractivity contribution in [3.63, 3.8) is 0 Å². The van der Waals surface area contributed by atoms with Crippen LogP contribution in [-0.4, -0.2) is 31.7 Å². The quantitative estimate of drug-likeness (QED) is 0.762. The van der Waals surface area contributed by atoms with Crippen molar-refractivity contribution in [1.82, 2.24) is 25.2 Å². The van der Waals surface area contributed by atoms with Crippen LogP contribution >= 0.6 is 0 Å². The highest BCUT2D eigenvalue weighted by molar-refractivity contribution is 5.52. The van der Waals surface area contributed by atoms with E-state index < -0.39 is 0 Å². The number of hydrogen-bond acceptors (Lipinski definition) is 5. The summed E-state index contributed by atoms with van der Waals surface area (Å²) in [5.41, 5.74) is 6.41. The number of hydrogen-bond donors (Lipinski definition) is 1. The zero-order valence-electron chi connectivity index (χ0n) is 8.24. The normalized spacial score (nSPS) is 10.5. The predicted molar refractivity (Wildman–Crippen MR) is 54.7 cm³/mol. The summed E-state index contributed by atoms with van der Waals surface area (Å²) in [5.74, 6) is 0.755. The zero-order chi connectivity index (χ0) is 10.5. The van der Waals surface area contributed by atoms with Gasteiger partial charge in [0.05, 0.1) is 0 Å². The second-order valence-electron chi connectivity index (χ2n) is 3.10. The Balaban J connectivity index is 2.25. The van der Waals surface area contributed by atoms with Gasteiger partial charge in [0.1, 0.15) is 0 Å². The van der Waals surface area contributed by atoms with Gasteiger partial charge in [-0.15, -0.1) is 5.10 Å². The van der Waals surface area contributed by atoms with Crippen molar-refractivity contribution in [2.24, 2.45) is 5.73 Å². The van der Waals surface area contributed by atoms with Crippen LogP contribution in [0.5, 0.6) is 0 Å². The van der Waals surface area contributed by atoms with E-state index in [1.807, 2.05) is 12.1 Å². The molecule has 2 heterocycles. The third-order valence-electron chi connectivity index (χ3n) is 2.04. The Hall–Kier alpha value is -1.82.